The molecule has 2 aliphatic rings. The molecule has 1 aromatic rings. The molecule has 6 nitrogen and oxygen atoms in total. The molecule has 0 bridgehead atoms. The Balaban J connectivity index is 0.00000280. The molecule has 3 rings (SSSR count). The van der Waals surface area contributed by atoms with Gasteiger partial charge in [-0.3, -0.25) is 9.89 Å². The number of hydrogen-bond acceptors (Lipinski definition) is 4. The minimum Gasteiger partial charge on any atom is -0.379 e. The van der Waals surface area contributed by atoms with E-state index in [2.05, 4.69) is 40.3 Å². The van der Waals surface area contributed by atoms with E-state index >= 15 is 0 Å². The van der Waals surface area contributed by atoms with Crippen LogP contribution in [-0.2, 0) is 4.74 Å². The lowest BCUT2D eigenvalue weighted by Gasteiger charge is -2.31. The van der Waals surface area contributed by atoms with Crippen molar-refractivity contribution in [2.24, 2.45) is 4.99 Å². The molecule has 2 aliphatic heterocycles. The number of morpholine rings is 1. The van der Waals surface area contributed by atoms with Gasteiger partial charge < -0.3 is 20.3 Å². The van der Waals surface area contributed by atoms with Gasteiger partial charge in [-0.2, -0.15) is 0 Å². The molecule has 8 heteroatoms. The molecule has 0 radical (unpaired) electrons. The molecule has 0 aliphatic carbocycles. The quantitative estimate of drug-likeness (QED) is 0.343. The van der Waals surface area contributed by atoms with E-state index in [-0.39, 0.29) is 24.0 Å². The van der Waals surface area contributed by atoms with Crippen molar-refractivity contribution < 1.29 is 4.74 Å². The third-order valence-electron chi connectivity index (χ3n) is 5.23. The Labute approximate surface area is 191 Å². The molecular formula is C20H33ClIN5O. The lowest BCUT2D eigenvalue weighted by Crippen LogP contribution is -2.46. The summed E-state index contributed by atoms with van der Waals surface area (Å²) in [7, 11) is 0. The summed E-state index contributed by atoms with van der Waals surface area (Å²) >= 11 is 6.14. The maximum absolute atomic E-state index is 6.14. The lowest BCUT2D eigenvalue weighted by atomic mass is 10.2. The Hall–Kier alpha value is -0.770. The van der Waals surface area contributed by atoms with Gasteiger partial charge in [0, 0.05) is 55.5 Å². The van der Waals surface area contributed by atoms with E-state index in [1.54, 1.807) is 0 Å². The lowest BCUT2D eigenvalue weighted by molar-refractivity contribution is 0.0220. The van der Waals surface area contributed by atoms with Crippen molar-refractivity contribution in [2.45, 2.75) is 32.4 Å². The largest absolute Gasteiger partial charge is 0.379 e. The number of guanidine groups is 1. The Morgan fingerprint density at radius 1 is 1.32 bits per heavy atom. The predicted octanol–water partition coefficient (Wildman–Crippen LogP) is 2.81. The summed E-state index contributed by atoms with van der Waals surface area (Å²) in [5.74, 6) is 0.913. The van der Waals surface area contributed by atoms with Crippen LogP contribution >= 0.6 is 35.6 Å². The van der Waals surface area contributed by atoms with Gasteiger partial charge in [-0.1, -0.05) is 17.7 Å². The summed E-state index contributed by atoms with van der Waals surface area (Å²) in [6.07, 6.45) is 1.09. The highest BCUT2D eigenvalue weighted by Gasteiger charge is 2.24. The minimum absolute atomic E-state index is 0. The van der Waals surface area contributed by atoms with Crippen molar-refractivity contribution >= 4 is 47.2 Å². The molecule has 158 valence electrons. The van der Waals surface area contributed by atoms with Crippen LogP contribution in [0, 0.1) is 0 Å². The van der Waals surface area contributed by atoms with Crippen LogP contribution in [0.25, 0.3) is 0 Å². The highest BCUT2D eigenvalue weighted by atomic mass is 127. The molecule has 0 amide bonds. The maximum atomic E-state index is 6.14. The van der Waals surface area contributed by atoms with Gasteiger partial charge in [0.05, 0.1) is 19.8 Å². The number of halogens is 2. The molecule has 0 aromatic heterocycles. The summed E-state index contributed by atoms with van der Waals surface area (Å²) in [6, 6.07) is 8.90. The first kappa shape index (κ1) is 23.5. The SMILES string of the molecule is CCNC(=NCC(C)N1CCOCC1)NC1CCN(c2cccc(Cl)c2)C1.I. The van der Waals surface area contributed by atoms with E-state index in [0.717, 1.165) is 69.9 Å². The van der Waals surface area contributed by atoms with Gasteiger partial charge in [-0.15, -0.1) is 24.0 Å². The zero-order valence-corrected chi connectivity index (χ0v) is 20.0. The molecule has 2 N–H and O–H groups in total. The maximum Gasteiger partial charge on any atom is 0.191 e. The van der Waals surface area contributed by atoms with Crippen molar-refractivity contribution in [2.75, 3.05) is 57.4 Å². The normalized spacial score (nSPS) is 21.9. The van der Waals surface area contributed by atoms with Gasteiger partial charge in [-0.05, 0) is 38.5 Å². The van der Waals surface area contributed by atoms with E-state index in [1.807, 2.05) is 18.2 Å². The smallest absolute Gasteiger partial charge is 0.191 e. The van der Waals surface area contributed by atoms with Gasteiger partial charge in [0.25, 0.3) is 0 Å². The van der Waals surface area contributed by atoms with Crippen molar-refractivity contribution in [3.8, 4) is 0 Å². The van der Waals surface area contributed by atoms with Gasteiger partial charge in [-0.25, -0.2) is 0 Å². The summed E-state index contributed by atoms with van der Waals surface area (Å²) in [4.78, 5) is 9.67. The van der Waals surface area contributed by atoms with Crippen molar-refractivity contribution in [1.29, 1.82) is 0 Å². The first-order valence-corrected chi connectivity index (χ1v) is 10.4. The molecule has 2 heterocycles. The number of hydrogen-bond donors (Lipinski definition) is 2. The minimum atomic E-state index is 0. The van der Waals surface area contributed by atoms with Crippen molar-refractivity contribution in [1.82, 2.24) is 15.5 Å². The molecule has 0 spiro atoms. The summed E-state index contributed by atoms with van der Waals surface area (Å²) in [6.45, 7) is 11.6. The number of ether oxygens (including phenoxy) is 1. The zero-order valence-electron chi connectivity index (χ0n) is 16.9. The van der Waals surface area contributed by atoms with Crippen molar-refractivity contribution in [3.05, 3.63) is 29.3 Å². The monoisotopic (exact) mass is 521 g/mol. The second-order valence-electron chi connectivity index (χ2n) is 7.27. The van der Waals surface area contributed by atoms with Crippen LogP contribution in [0.1, 0.15) is 20.3 Å². The first-order chi connectivity index (χ1) is 13.2. The Kier molecular flexibility index (Phi) is 10.1. The van der Waals surface area contributed by atoms with Gasteiger partial charge in [0.2, 0.25) is 0 Å². The van der Waals surface area contributed by atoms with Crippen LogP contribution in [0.5, 0.6) is 0 Å². The van der Waals surface area contributed by atoms with Crippen LogP contribution < -0.4 is 15.5 Å². The van der Waals surface area contributed by atoms with Gasteiger partial charge in [0.1, 0.15) is 0 Å². The number of rotatable bonds is 6. The van der Waals surface area contributed by atoms with Crippen LogP contribution in [0.15, 0.2) is 29.3 Å². The third kappa shape index (κ3) is 6.93. The topological polar surface area (TPSA) is 52.1 Å². The summed E-state index contributed by atoms with van der Waals surface area (Å²) in [5, 5.41) is 7.79. The fraction of sp³-hybridized carbons (Fsp3) is 0.650. The Morgan fingerprint density at radius 3 is 2.82 bits per heavy atom. The molecule has 2 atom stereocenters. The molecule has 2 unspecified atom stereocenters. The fourth-order valence-corrected chi connectivity index (χ4v) is 3.84. The Morgan fingerprint density at radius 2 is 2.11 bits per heavy atom. The predicted molar refractivity (Wildman–Crippen MR) is 128 cm³/mol. The number of nitrogens with one attached hydrogen (secondary N) is 2. The highest BCUT2D eigenvalue weighted by Crippen LogP contribution is 2.23. The zero-order chi connectivity index (χ0) is 19.1. The van der Waals surface area contributed by atoms with E-state index in [0.29, 0.717) is 12.1 Å². The molecular weight excluding hydrogens is 489 g/mol. The number of nitrogens with zero attached hydrogens (tertiary/aromatic N) is 3. The Bertz CT molecular complexity index is 626. The summed E-state index contributed by atoms with van der Waals surface area (Å²) in [5.41, 5.74) is 1.19. The molecule has 0 saturated carbocycles. The van der Waals surface area contributed by atoms with Gasteiger partial charge in [0.15, 0.2) is 5.96 Å². The number of anilines is 1. The van der Waals surface area contributed by atoms with Crippen molar-refractivity contribution in [3.63, 3.8) is 0 Å². The van der Waals surface area contributed by atoms with E-state index in [1.165, 1.54) is 5.69 Å². The van der Waals surface area contributed by atoms with Crippen LogP contribution in [-0.4, -0.2) is 75.4 Å². The fourth-order valence-electron chi connectivity index (χ4n) is 3.66. The first-order valence-electron chi connectivity index (χ1n) is 10.0. The molecule has 1 aromatic carbocycles. The highest BCUT2D eigenvalue weighted by molar-refractivity contribution is 14.0. The van der Waals surface area contributed by atoms with E-state index in [4.69, 9.17) is 21.3 Å². The standard InChI is InChI=1S/C20H32ClN5O.HI/c1-3-22-20(23-14-16(2)25-9-11-27-12-10-25)24-18-7-8-26(15-18)19-6-4-5-17(21)13-19;/h4-6,13,16,18H,3,7-12,14-15H2,1-2H3,(H2,22,23,24);1H. The molecule has 28 heavy (non-hydrogen) atoms. The summed E-state index contributed by atoms with van der Waals surface area (Å²) < 4.78 is 5.44. The van der Waals surface area contributed by atoms with Crippen LogP contribution in [0.2, 0.25) is 5.02 Å². The number of aliphatic imine (C=N–C) groups is 1. The van der Waals surface area contributed by atoms with Crippen LogP contribution in [0.3, 0.4) is 0 Å². The van der Waals surface area contributed by atoms with E-state index in [9.17, 15) is 0 Å². The van der Waals surface area contributed by atoms with Crippen LogP contribution in [0.4, 0.5) is 5.69 Å². The molecule has 2 saturated heterocycles. The second-order valence-corrected chi connectivity index (χ2v) is 7.71. The van der Waals surface area contributed by atoms with E-state index < -0.39 is 0 Å². The number of benzene rings is 1. The average Bonchev–Trinajstić information content (AvgIpc) is 3.15. The van der Waals surface area contributed by atoms with Gasteiger partial charge >= 0.3 is 0 Å². The second kappa shape index (κ2) is 12.0. The average molecular weight is 522 g/mol. The molecule has 2 fully saturated rings. The third-order valence-corrected chi connectivity index (χ3v) is 5.46.